The van der Waals surface area contributed by atoms with E-state index in [1.807, 2.05) is 11.3 Å². The second-order valence-corrected chi connectivity index (χ2v) is 20.9. The molecule has 10 rings (SSSR count). The second-order valence-electron chi connectivity index (χ2n) is 19.8. The van der Waals surface area contributed by atoms with E-state index in [0.717, 1.165) is 11.4 Å². The quantitative estimate of drug-likeness (QED) is 0.135. The molecular weight excluding hydrogens is 793 g/mol. The van der Waals surface area contributed by atoms with Gasteiger partial charge in [-0.15, -0.1) is 11.3 Å². The summed E-state index contributed by atoms with van der Waals surface area (Å²) in [5, 5.41) is 5.27. The van der Waals surface area contributed by atoms with Crippen LogP contribution in [0.2, 0.25) is 0 Å². The molecule has 3 heteroatoms. The van der Waals surface area contributed by atoms with Crippen LogP contribution >= 0.6 is 11.3 Å². The molecule has 0 saturated carbocycles. The summed E-state index contributed by atoms with van der Waals surface area (Å²) in [4.78, 5) is 5.02. The molecule has 1 aliphatic rings. The van der Waals surface area contributed by atoms with E-state index < -0.39 is 0 Å². The monoisotopic (exact) mass is 852 g/mol. The fourth-order valence-electron chi connectivity index (χ4n) is 10.1. The van der Waals surface area contributed by atoms with Gasteiger partial charge in [0.15, 0.2) is 0 Å². The van der Waals surface area contributed by atoms with Gasteiger partial charge in [0.1, 0.15) is 0 Å². The summed E-state index contributed by atoms with van der Waals surface area (Å²) in [6, 6.07) is 60.2. The van der Waals surface area contributed by atoms with Crippen LogP contribution in [0.1, 0.15) is 126 Å². The summed E-state index contributed by atoms with van der Waals surface area (Å²) in [5.74, 6) is 1.64. The molecule has 0 bridgehead atoms. The number of hydrogen-bond donors (Lipinski definition) is 0. The fraction of sp³-hybridized carbons (Fsp3) is 0.246. The average Bonchev–Trinajstić information content (AvgIpc) is 3.80. The van der Waals surface area contributed by atoms with Gasteiger partial charge in [-0.05, 0) is 152 Å². The molecule has 0 fully saturated rings. The first kappa shape index (κ1) is 41.8. The van der Waals surface area contributed by atoms with Gasteiger partial charge in [-0.2, -0.15) is 0 Å². The van der Waals surface area contributed by atoms with E-state index in [1.165, 1.54) is 98.2 Å². The molecular formula is C61H60N2S. The van der Waals surface area contributed by atoms with Crippen LogP contribution in [0.3, 0.4) is 0 Å². The van der Waals surface area contributed by atoms with Gasteiger partial charge >= 0.3 is 0 Å². The van der Waals surface area contributed by atoms with Crippen molar-refractivity contribution >= 4 is 76.4 Å². The Morgan fingerprint density at radius 2 is 0.922 bits per heavy atom. The first-order valence-electron chi connectivity index (χ1n) is 23.4. The van der Waals surface area contributed by atoms with Crippen LogP contribution in [-0.4, -0.2) is 0 Å². The molecule has 1 aromatic heterocycles. The molecule has 9 aromatic rings. The maximum Gasteiger partial charge on any atom is 0.0647 e. The highest BCUT2D eigenvalue weighted by molar-refractivity contribution is 7.26. The molecule has 8 aromatic carbocycles. The van der Waals surface area contributed by atoms with Crippen molar-refractivity contribution < 1.29 is 0 Å². The van der Waals surface area contributed by atoms with Gasteiger partial charge < -0.3 is 9.80 Å². The first-order valence-corrected chi connectivity index (χ1v) is 24.2. The molecule has 0 atom stereocenters. The van der Waals surface area contributed by atoms with Crippen molar-refractivity contribution in [1.82, 2.24) is 0 Å². The Bertz CT molecular complexity index is 3150. The third-order valence-electron chi connectivity index (χ3n) is 13.9. The maximum atomic E-state index is 2.55. The zero-order valence-electron chi connectivity index (χ0n) is 39.1. The maximum absolute atomic E-state index is 2.55. The van der Waals surface area contributed by atoms with Crippen molar-refractivity contribution in [1.29, 1.82) is 0 Å². The van der Waals surface area contributed by atoms with Gasteiger partial charge in [-0.3, -0.25) is 0 Å². The van der Waals surface area contributed by atoms with Gasteiger partial charge in [0.05, 0.1) is 10.4 Å². The molecule has 2 nitrogen and oxygen atoms in total. The predicted molar refractivity (Wildman–Crippen MR) is 280 cm³/mol. The highest BCUT2D eigenvalue weighted by Gasteiger charge is 2.38. The molecule has 0 unspecified atom stereocenters. The van der Waals surface area contributed by atoms with Crippen LogP contribution in [0.5, 0.6) is 0 Å². The average molecular weight is 853 g/mol. The molecule has 1 heterocycles. The summed E-state index contributed by atoms with van der Waals surface area (Å²) in [6.07, 6.45) is 0. The topological polar surface area (TPSA) is 6.48 Å². The van der Waals surface area contributed by atoms with Gasteiger partial charge in [0.25, 0.3) is 0 Å². The molecule has 0 aliphatic heterocycles. The normalized spacial score (nSPS) is 13.2. The lowest BCUT2D eigenvalue weighted by atomic mass is 9.81. The Kier molecular flexibility index (Phi) is 10.5. The van der Waals surface area contributed by atoms with Crippen molar-refractivity contribution in [2.24, 2.45) is 0 Å². The Hall–Kier alpha value is -6.16. The van der Waals surface area contributed by atoms with Crippen molar-refractivity contribution in [3.8, 4) is 11.1 Å². The molecule has 0 spiro atoms. The Balaban J connectivity index is 1.25. The minimum atomic E-state index is -0.233. The minimum Gasteiger partial charge on any atom is -0.310 e. The van der Waals surface area contributed by atoms with E-state index in [0.29, 0.717) is 23.7 Å². The second kappa shape index (κ2) is 16.1. The summed E-state index contributed by atoms with van der Waals surface area (Å²) >= 11 is 1.92. The van der Waals surface area contributed by atoms with E-state index in [9.17, 15) is 0 Å². The molecule has 0 amide bonds. The van der Waals surface area contributed by atoms with Crippen LogP contribution in [0.15, 0.2) is 158 Å². The number of hydrogen-bond acceptors (Lipinski definition) is 3. The summed E-state index contributed by atoms with van der Waals surface area (Å²) in [7, 11) is 0. The number of benzene rings is 8. The van der Waals surface area contributed by atoms with Gasteiger partial charge in [-0.1, -0.05) is 154 Å². The van der Waals surface area contributed by atoms with E-state index in [-0.39, 0.29) is 5.41 Å². The predicted octanol–water partition coefficient (Wildman–Crippen LogP) is 18.9. The number of rotatable bonds is 10. The third kappa shape index (κ3) is 7.00. The van der Waals surface area contributed by atoms with Crippen molar-refractivity contribution in [2.45, 2.75) is 98.3 Å². The molecule has 1 aliphatic carbocycles. The summed E-state index contributed by atoms with van der Waals surface area (Å²) in [5.41, 5.74) is 17.8. The Labute approximate surface area is 384 Å². The highest BCUT2D eigenvalue weighted by atomic mass is 32.1. The standard InChI is InChI=1S/C61H60N2S/c1-37(2)41-29-42(38(3)4)32-48(31-41)62(45-19-13-11-14-20-45)47-25-26-51-55(35-47)61(9,10)54-28-27-50-53(58(51)54)36-56(60-59(50)52-23-17-18-24-57(52)64-60)63(46-21-15-12-16-22-46)49-33-43(39(5)6)30-44(34-49)40(7)8/h11-40H,1-10H3. The number of thiophene rings is 1. The van der Waals surface area contributed by atoms with E-state index in [1.54, 1.807) is 0 Å². The number of nitrogens with zero attached hydrogens (tertiary/aromatic N) is 2. The van der Waals surface area contributed by atoms with Crippen molar-refractivity contribution in [3.63, 3.8) is 0 Å². The summed E-state index contributed by atoms with van der Waals surface area (Å²) < 4.78 is 2.63. The lowest BCUT2D eigenvalue weighted by molar-refractivity contribution is 0.661. The SMILES string of the molecule is CC(C)c1cc(C(C)C)cc(N(c2ccccc2)c2ccc3c(c2)C(C)(C)c2ccc4c(cc(N(c5ccccc5)c5cc(C(C)C)cc(C(C)C)c5)c5sc6ccccc6c54)c2-3)c1. The van der Waals surface area contributed by atoms with E-state index in [4.69, 9.17) is 0 Å². The van der Waals surface area contributed by atoms with Crippen LogP contribution in [0, 0.1) is 0 Å². The van der Waals surface area contributed by atoms with E-state index in [2.05, 4.69) is 237 Å². The third-order valence-corrected chi connectivity index (χ3v) is 15.1. The lowest BCUT2D eigenvalue weighted by Crippen LogP contribution is -2.17. The first-order chi connectivity index (χ1) is 30.8. The lowest BCUT2D eigenvalue weighted by Gasteiger charge is -2.29. The number of fused-ring (bicyclic) bond motifs is 9. The molecule has 320 valence electrons. The number of anilines is 6. The van der Waals surface area contributed by atoms with E-state index >= 15 is 0 Å². The largest absolute Gasteiger partial charge is 0.310 e. The number of para-hydroxylation sites is 2. The molecule has 64 heavy (non-hydrogen) atoms. The molecule has 0 radical (unpaired) electrons. The van der Waals surface area contributed by atoms with Crippen LogP contribution < -0.4 is 9.80 Å². The van der Waals surface area contributed by atoms with Gasteiger partial charge in [0.2, 0.25) is 0 Å². The summed E-state index contributed by atoms with van der Waals surface area (Å²) in [6.45, 7) is 23.3. The van der Waals surface area contributed by atoms with Crippen LogP contribution in [0.4, 0.5) is 34.1 Å². The van der Waals surface area contributed by atoms with Gasteiger partial charge in [-0.25, -0.2) is 0 Å². The Morgan fingerprint density at radius 1 is 0.406 bits per heavy atom. The van der Waals surface area contributed by atoms with Crippen molar-refractivity contribution in [3.05, 3.63) is 191 Å². The molecule has 0 N–H and O–H groups in total. The smallest absolute Gasteiger partial charge is 0.0647 e. The minimum absolute atomic E-state index is 0.233. The zero-order valence-corrected chi connectivity index (χ0v) is 39.9. The Morgan fingerprint density at radius 3 is 1.48 bits per heavy atom. The zero-order chi connectivity index (χ0) is 44.6. The fourth-order valence-corrected chi connectivity index (χ4v) is 11.4. The highest BCUT2D eigenvalue weighted by Crippen LogP contribution is 2.56. The van der Waals surface area contributed by atoms with Crippen LogP contribution in [0.25, 0.3) is 42.1 Å². The molecule has 0 saturated heterocycles. The van der Waals surface area contributed by atoms with Crippen molar-refractivity contribution in [2.75, 3.05) is 9.80 Å². The van der Waals surface area contributed by atoms with Crippen LogP contribution in [-0.2, 0) is 5.41 Å². The van der Waals surface area contributed by atoms with Gasteiger partial charge in [0, 0.05) is 49.3 Å².